The predicted octanol–water partition coefficient (Wildman–Crippen LogP) is 3.30. The summed E-state index contributed by atoms with van der Waals surface area (Å²) in [4.78, 5) is 25.3. The monoisotopic (exact) mass is 488 g/mol. The average Bonchev–Trinajstić information content (AvgIpc) is 2.78. The number of nitrogens with one attached hydrogen (secondary N) is 1. The zero-order valence-electron chi connectivity index (χ0n) is 19.9. The van der Waals surface area contributed by atoms with Crippen LogP contribution < -0.4 is 5.32 Å². The summed E-state index contributed by atoms with van der Waals surface area (Å²) < 4.78 is 38.4. The fraction of sp³-hybridized carbons (Fsp3) is 0.440. The number of sulfonamides is 1. The molecule has 0 bridgehead atoms. The third-order valence-electron chi connectivity index (χ3n) is 5.39. The highest BCUT2D eigenvalue weighted by molar-refractivity contribution is 7.89. The van der Waals surface area contributed by atoms with E-state index >= 15 is 0 Å². The van der Waals surface area contributed by atoms with Crippen molar-refractivity contribution in [3.63, 3.8) is 0 Å². The zero-order chi connectivity index (χ0) is 24.9. The first-order chi connectivity index (χ1) is 16.1. The van der Waals surface area contributed by atoms with Crippen molar-refractivity contribution in [2.45, 2.75) is 63.4 Å². The summed E-state index contributed by atoms with van der Waals surface area (Å²) in [6.07, 6.45) is -0.665. The highest BCUT2D eigenvalue weighted by Crippen LogP contribution is 2.23. The maximum Gasteiger partial charge on any atom is 0.308 e. The molecule has 2 aromatic rings. The van der Waals surface area contributed by atoms with E-state index in [0.29, 0.717) is 5.56 Å². The number of ether oxygens (including phenoxy) is 2. The molecule has 1 fully saturated rings. The predicted molar refractivity (Wildman–Crippen MR) is 128 cm³/mol. The Morgan fingerprint density at radius 1 is 1.03 bits per heavy atom. The van der Waals surface area contributed by atoms with Gasteiger partial charge in [-0.2, -0.15) is 4.31 Å². The summed E-state index contributed by atoms with van der Waals surface area (Å²) >= 11 is 0. The largest absolute Gasteiger partial charge is 0.463 e. The minimum atomic E-state index is -3.70. The Bertz CT molecular complexity index is 1080. The van der Waals surface area contributed by atoms with Gasteiger partial charge in [0.05, 0.1) is 35.7 Å². The topological polar surface area (TPSA) is 102 Å². The number of carbonyl (C=O) groups is 2. The maximum atomic E-state index is 13.1. The summed E-state index contributed by atoms with van der Waals surface area (Å²) in [7, 11) is -3.70. The second-order valence-corrected chi connectivity index (χ2v) is 10.7. The van der Waals surface area contributed by atoms with Crippen molar-refractivity contribution in [1.29, 1.82) is 0 Å². The molecule has 0 saturated carbocycles. The van der Waals surface area contributed by atoms with Crippen LogP contribution in [0.4, 0.5) is 0 Å². The van der Waals surface area contributed by atoms with Crippen LogP contribution in [0.1, 0.15) is 56.1 Å². The molecule has 8 nitrogen and oxygen atoms in total. The second kappa shape index (κ2) is 11.1. The van der Waals surface area contributed by atoms with Crippen molar-refractivity contribution < 1.29 is 27.5 Å². The molecule has 34 heavy (non-hydrogen) atoms. The van der Waals surface area contributed by atoms with E-state index in [4.69, 9.17) is 9.47 Å². The second-order valence-electron chi connectivity index (χ2n) is 8.78. The molecular formula is C25H32N2O6S. The van der Waals surface area contributed by atoms with Crippen LogP contribution in [0.2, 0.25) is 0 Å². The molecule has 3 atom stereocenters. The van der Waals surface area contributed by atoms with Crippen LogP contribution in [0, 0.1) is 0 Å². The van der Waals surface area contributed by atoms with Crippen molar-refractivity contribution in [1.82, 2.24) is 9.62 Å². The van der Waals surface area contributed by atoms with Crippen LogP contribution in [0.5, 0.6) is 0 Å². The lowest BCUT2D eigenvalue weighted by Gasteiger charge is -2.34. The Hall–Kier alpha value is -2.75. The van der Waals surface area contributed by atoms with E-state index in [1.54, 1.807) is 13.8 Å². The van der Waals surface area contributed by atoms with E-state index in [9.17, 15) is 18.0 Å². The lowest BCUT2D eigenvalue weighted by Crippen LogP contribution is -2.48. The van der Waals surface area contributed by atoms with Crippen LogP contribution >= 0.6 is 0 Å². The van der Waals surface area contributed by atoms with Gasteiger partial charge in [0.15, 0.2) is 0 Å². The molecule has 1 heterocycles. The van der Waals surface area contributed by atoms with Crippen molar-refractivity contribution >= 4 is 21.9 Å². The van der Waals surface area contributed by atoms with Gasteiger partial charge in [-0.3, -0.25) is 9.59 Å². The number of hydrogen-bond donors (Lipinski definition) is 1. The highest BCUT2D eigenvalue weighted by Gasteiger charge is 2.32. The van der Waals surface area contributed by atoms with E-state index in [0.717, 1.165) is 5.56 Å². The van der Waals surface area contributed by atoms with Gasteiger partial charge in [0.2, 0.25) is 10.0 Å². The number of carbonyl (C=O) groups excluding carboxylic acids is 2. The summed E-state index contributed by atoms with van der Waals surface area (Å²) in [5, 5.41) is 2.87. The van der Waals surface area contributed by atoms with Crippen LogP contribution in [-0.4, -0.2) is 56.0 Å². The van der Waals surface area contributed by atoms with Gasteiger partial charge in [0.1, 0.15) is 0 Å². The van der Waals surface area contributed by atoms with Gasteiger partial charge in [-0.15, -0.1) is 0 Å². The molecule has 0 aromatic heterocycles. The van der Waals surface area contributed by atoms with E-state index in [1.807, 2.05) is 44.2 Å². The quantitative estimate of drug-likeness (QED) is 0.572. The van der Waals surface area contributed by atoms with E-state index in [2.05, 4.69) is 5.32 Å². The third kappa shape index (κ3) is 6.65. The number of rotatable bonds is 8. The molecule has 2 aromatic carbocycles. The lowest BCUT2D eigenvalue weighted by atomic mass is 10.0. The minimum Gasteiger partial charge on any atom is -0.463 e. The van der Waals surface area contributed by atoms with E-state index < -0.39 is 27.9 Å². The number of amides is 1. The lowest BCUT2D eigenvalue weighted by molar-refractivity contribution is -0.147. The Labute approximate surface area is 201 Å². The molecule has 3 unspecified atom stereocenters. The molecule has 3 rings (SSSR count). The maximum absolute atomic E-state index is 13.1. The summed E-state index contributed by atoms with van der Waals surface area (Å²) in [5.41, 5.74) is 1.06. The molecule has 9 heteroatoms. The van der Waals surface area contributed by atoms with Gasteiger partial charge < -0.3 is 14.8 Å². The Morgan fingerprint density at radius 3 is 2.18 bits per heavy atom. The molecule has 0 spiro atoms. The first-order valence-electron chi connectivity index (χ1n) is 11.4. The van der Waals surface area contributed by atoms with Crippen molar-refractivity contribution in [2.75, 3.05) is 13.1 Å². The van der Waals surface area contributed by atoms with Gasteiger partial charge >= 0.3 is 5.97 Å². The normalized spacial score (nSPS) is 20.0. The Balaban J connectivity index is 1.75. The molecule has 184 valence electrons. The number of esters is 1. The molecule has 1 aliphatic rings. The highest BCUT2D eigenvalue weighted by atomic mass is 32.2. The minimum absolute atomic E-state index is 0.0200. The zero-order valence-corrected chi connectivity index (χ0v) is 20.7. The first kappa shape index (κ1) is 25.9. The number of benzene rings is 2. The fourth-order valence-electron chi connectivity index (χ4n) is 3.91. The average molecular weight is 489 g/mol. The summed E-state index contributed by atoms with van der Waals surface area (Å²) in [6.45, 7) is 7.77. The van der Waals surface area contributed by atoms with Gasteiger partial charge in [-0.05, 0) is 57.5 Å². The number of morpholine rings is 1. The van der Waals surface area contributed by atoms with Crippen molar-refractivity contribution in [3.05, 3.63) is 65.7 Å². The van der Waals surface area contributed by atoms with Gasteiger partial charge in [-0.1, -0.05) is 30.3 Å². The summed E-state index contributed by atoms with van der Waals surface area (Å²) in [6, 6.07) is 14.4. The number of hydrogen-bond acceptors (Lipinski definition) is 6. The smallest absolute Gasteiger partial charge is 0.308 e. The summed E-state index contributed by atoms with van der Waals surface area (Å²) in [5.74, 6) is -0.830. The first-order valence-corrected chi connectivity index (χ1v) is 12.8. The molecule has 1 saturated heterocycles. The van der Waals surface area contributed by atoms with E-state index in [-0.39, 0.29) is 42.7 Å². The van der Waals surface area contributed by atoms with E-state index in [1.165, 1.54) is 28.6 Å². The molecular weight excluding hydrogens is 456 g/mol. The van der Waals surface area contributed by atoms with Crippen LogP contribution in [0.25, 0.3) is 0 Å². The molecule has 1 N–H and O–H groups in total. The molecule has 0 aliphatic carbocycles. The van der Waals surface area contributed by atoms with Crippen molar-refractivity contribution in [3.8, 4) is 0 Å². The molecule has 1 amide bonds. The molecule has 0 radical (unpaired) electrons. The van der Waals surface area contributed by atoms with Crippen LogP contribution in [-0.2, 0) is 24.3 Å². The third-order valence-corrected chi connectivity index (χ3v) is 7.23. The number of nitrogens with zero attached hydrogens (tertiary/aromatic N) is 1. The van der Waals surface area contributed by atoms with Gasteiger partial charge in [-0.25, -0.2) is 8.42 Å². The van der Waals surface area contributed by atoms with Crippen molar-refractivity contribution in [2.24, 2.45) is 0 Å². The van der Waals surface area contributed by atoms with Gasteiger partial charge in [0.25, 0.3) is 5.91 Å². The Kier molecular flexibility index (Phi) is 8.46. The Morgan fingerprint density at radius 2 is 1.62 bits per heavy atom. The van der Waals surface area contributed by atoms with Crippen LogP contribution in [0.3, 0.4) is 0 Å². The fourth-order valence-corrected chi connectivity index (χ4v) is 5.50. The van der Waals surface area contributed by atoms with Gasteiger partial charge in [0, 0.05) is 18.7 Å². The van der Waals surface area contributed by atoms with Crippen LogP contribution in [0.15, 0.2) is 59.5 Å². The molecule has 1 aliphatic heterocycles. The SMILES string of the molecule is CC(C)OC(=O)CC(NC(=O)c1ccc(S(=O)(=O)N2CC(C)OC(C)C2)cc1)c1ccccc1. The standard InChI is InChI=1S/C25H32N2O6S/c1-17(2)32-24(28)14-23(20-8-6-5-7-9-20)26-25(29)21-10-12-22(13-11-21)34(30,31)27-15-18(3)33-19(4)16-27/h5-13,17-19,23H,14-16H2,1-4H3,(H,26,29).